The first-order valence-electron chi connectivity index (χ1n) is 10.3. The molecular formula is C22H23F3N4O3S. The van der Waals surface area contributed by atoms with Crippen LogP contribution >= 0.6 is 0 Å². The Kier molecular flexibility index (Phi) is 6.30. The highest BCUT2D eigenvalue weighted by Gasteiger charge is 2.32. The van der Waals surface area contributed by atoms with Gasteiger partial charge in [-0.3, -0.25) is 4.90 Å². The van der Waals surface area contributed by atoms with Crippen molar-refractivity contribution < 1.29 is 26.1 Å². The molecule has 0 aliphatic carbocycles. The van der Waals surface area contributed by atoms with Crippen LogP contribution in [-0.2, 0) is 22.7 Å². The van der Waals surface area contributed by atoms with Crippen molar-refractivity contribution in [3.05, 3.63) is 65.0 Å². The highest BCUT2D eigenvalue weighted by molar-refractivity contribution is 7.89. The van der Waals surface area contributed by atoms with Crippen molar-refractivity contribution in [2.75, 3.05) is 26.2 Å². The quantitative estimate of drug-likeness (QED) is 0.552. The fourth-order valence-corrected chi connectivity index (χ4v) is 5.45. The molecule has 1 aliphatic rings. The van der Waals surface area contributed by atoms with Crippen LogP contribution in [0.1, 0.15) is 22.6 Å². The van der Waals surface area contributed by atoms with E-state index in [4.69, 9.17) is 4.52 Å². The normalized spacial score (nSPS) is 16.3. The zero-order chi connectivity index (χ0) is 23.8. The van der Waals surface area contributed by atoms with E-state index >= 15 is 0 Å². The number of nitrogens with zero attached hydrogens (tertiary/aromatic N) is 4. The summed E-state index contributed by atoms with van der Waals surface area (Å²) in [6, 6.07) is 10.1. The zero-order valence-electron chi connectivity index (χ0n) is 18.1. The van der Waals surface area contributed by atoms with Crippen LogP contribution in [0, 0.1) is 13.8 Å². The van der Waals surface area contributed by atoms with Crippen LogP contribution in [0.15, 0.2) is 51.9 Å². The van der Waals surface area contributed by atoms with Crippen molar-refractivity contribution in [3.63, 3.8) is 0 Å². The van der Waals surface area contributed by atoms with Gasteiger partial charge in [0.05, 0.1) is 17.0 Å². The first-order chi connectivity index (χ1) is 15.5. The lowest BCUT2D eigenvalue weighted by atomic mass is 10.1. The lowest BCUT2D eigenvalue weighted by Gasteiger charge is -2.33. The minimum absolute atomic E-state index is 0.0761. The van der Waals surface area contributed by atoms with Gasteiger partial charge in [0.25, 0.3) is 0 Å². The monoisotopic (exact) mass is 480 g/mol. The van der Waals surface area contributed by atoms with E-state index in [0.29, 0.717) is 36.6 Å². The van der Waals surface area contributed by atoms with Crippen LogP contribution in [0.4, 0.5) is 13.2 Å². The second-order valence-electron chi connectivity index (χ2n) is 8.04. The van der Waals surface area contributed by atoms with E-state index in [-0.39, 0.29) is 23.8 Å². The molecule has 4 rings (SSSR count). The Morgan fingerprint density at radius 1 is 1.03 bits per heavy atom. The first kappa shape index (κ1) is 23.4. The van der Waals surface area contributed by atoms with Gasteiger partial charge in [-0.05, 0) is 43.2 Å². The molecule has 11 heteroatoms. The largest absolute Gasteiger partial charge is 0.416 e. The summed E-state index contributed by atoms with van der Waals surface area (Å²) < 4.78 is 71.7. The van der Waals surface area contributed by atoms with E-state index in [9.17, 15) is 21.6 Å². The molecule has 176 valence electrons. The van der Waals surface area contributed by atoms with Gasteiger partial charge in [-0.2, -0.15) is 22.5 Å². The molecule has 1 aliphatic heterocycles. The summed E-state index contributed by atoms with van der Waals surface area (Å²) in [4.78, 5) is 6.50. The van der Waals surface area contributed by atoms with Gasteiger partial charge in [0.2, 0.25) is 21.7 Å². The van der Waals surface area contributed by atoms with Gasteiger partial charge in [0.1, 0.15) is 0 Å². The summed E-state index contributed by atoms with van der Waals surface area (Å²) in [5, 5.41) is 3.80. The number of sulfonamides is 1. The molecular weight excluding hydrogens is 457 g/mol. The van der Waals surface area contributed by atoms with Gasteiger partial charge in [-0.25, -0.2) is 8.42 Å². The summed E-state index contributed by atoms with van der Waals surface area (Å²) in [7, 11) is -3.60. The molecule has 33 heavy (non-hydrogen) atoms. The summed E-state index contributed by atoms with van der Waals surface area (Å²) in [5.74, 6) is 0.334. The highest BCUT2D eigenvalue weighted by Crippen LogP contribution is 2.31. The average Bonchev–Trinajstić information content (AvgIpc) is 3.24. The molecule has 1 fully saturated rings. The number of hydrogen-bond acceptors (Lipinski definition) is 6. The van der Waals surface area contributed by atoms with Crippen LogP contribution in [0.3, 0.4) is 0 Å². The molecule has 1 saturated heterocycles. The Balaban J connectivity index is 1.40. The van der Waals surface area contributed by atoms with E-state index in [1.54, 1.807) is 19.1 Å². The molecule has 3 aromatic rings. The standard InChI is InChI=1S/C22H23F3N4O3S/c1-15-6-7-16(2)19(12-15)33(30,31)29-10-8-28(9-11-29)14-20-26-21(27-32-20)17-4-3-5-18(13-17)22(23,24)25/h3-7,12-13H,8-11,14H2,1-2H3. The number of halogens is 3. The minimum atomic E-state index is -4.46. The molecule has 2 aromatic carbocycles. The van der Waals surface area contributed by atoms with Crippen molar-refractivity contribution in [2.45, 2.75) is 31.5 Å². The van der Waals surface area contributed by atoms with E-state index in [1.165, 1.54) is 16.4 Å². The van der Waals surface area contributed by atoms with E-state index in [0.717, 1.165) is 17.7 Å². The van der Waals surface area contributed by atoms with Gasteiger partial charge in [0.15, 0.2) is 0 Å². The maximum Gasteiger partial charge on any atom is 0.416 e. The van der Waals surface area contributed by atoms with Crippen LogP contribution in [0.2, 0.25) is 0 Å². The maximum atomic E-state index is 13.1. The third-order valence-corrected chi connectivity index (χ3v) is 7.61. The predicted molar refractivity (Wildman–Crippen MR) is 115 cm³/mol. The van der Waals surface area contributed by atoms with Crippen molar-refractivity contribution in [1.29, 1.82) is 0 Å². The Morgan fingerprint density at radius 2 is 1.76 bits per heavy atom. The lowest BCUT2D eigenvalue weighted by Crippen LogP contribution is -2.48. The number of aryl methyl sites for hydroxylation is 2. The predicted octanol–water partition coefficient (Wildman–Crippen LogP) is 3.88. The van der Waals surface area contributed by atoms with Crippen molar-refractivity contribution in [3.8, 4) is 11.4 Å². The Morgan fingerprint density at radius 3 is 2.45 bits per heavy atom. The van der Waals surface area contributed by atoms with Gasteiger partial charge in [-0.1, -0.05) is 29.4 Å². The molecule has 0 saturated carbocycles. The van der Waals surface area contributed by atoms with Crippen LogP contribution in [-0.4, -0.2) is 53.9 Å². The molecule has 0 unspecified atom stereocenters. The Bertz CT molecular complexity index is 1250. The second-order valence-corrected chi connectivity index (χ2v) is 9.95. The second kappa shape index (κ2) is 8.88. The number of rotatable bonds is 5. The molecule has 0 spiro atoms. The first-order valence-corrected chi connectivity index (χ1v) is 11.8. The lowest BCUT2D eigenvalue weighted by molar-refractivity contribution is -0.137. The Labute approximate surface area is 189 Å². The summed E-state index contributed by atoms with van der Waals surface area (Å²) in [6.07, 6.45) is -4.46. The zero-order valence-corrected chi connectivity index (χ0v) is 18.9. The number of hydrogen-bond donors (Lipinski definition) is 0. The van der Waals surface area contributed by atoms with Crippen LogP contribution in [0.5, 0.6) is 0 Å². The highest BCUT2D eigenvalue weighted by atomic mass is 32.2. The molecule has 1 aromatic heterocycles. The van der Waals surface area contributed by atoms with Gasteiger partial charge in [-0.15, -0.1) is 0 Å². The van der Waals surface area contributed by atoms with E-state index < -0.39 is 21.8 Å². The Hall–Kier alpha value is -2.76. The summed E-state index contributed by atoms with van der Waals surface area (Å²) in [5.41, 5.74) is 1.01. The van der Waals surface area contributed by atoms with Gasteiger partial charge >= 0.3 is 6.18 Å². The topological polar surface area (TPSA) is 79.5 Å². The molecule has 0 amide bonds. The fourth-order valence-electron chi connectivity index (χ4n) is 3.71. The summed E-state index contributed by atoms with van der Waals surface area (Å²) in [6.45, 7) is 5.46. The number of aromatic nitrogens is 2. The molecule has 0 atom stereocenters. The minimum Gasteiger partial charge on any atom is -0.338 e. The van der Waals surface area contributed by atoms with Crippen molar-refractivity contribution >= 4 is 10.0 Å². The molecule has 0 radical (unpaired) electrons. The van der Waals surface area contributed by atoms with Gasteiger partial charge < -0.3 is 4.52 Å². The third kappa shape index (κ3) is 5.10. The molecule has 2 heterocycles. The average molecular weight is 481 g/mol. The number of benzene rings is 2. The fraction of sp³-hybridized carbons (Fsp3) is 0.364. The number of piperazine rings is 1. The number of alkyl halides is 3. The van der Waals surface area contributed by atoms with E-state index in [2.05, 4.69) is 10.1 Å². The SMILES string of the molecule is Cc1ccc(C)c(S(=O)(=O)N2CCN(Cc3nc(-c4cccc(C(F)(F)F)c4)no3)CC2)c1. The third-order valence-electron chi connectivity index (χ3n) is 5.57. The van der Waals surface area contributed by atoms with Crippen LogP contribution < -0.4 is 0 Å². The molecule has 0 N–H and O–H groups in total. The van der Waals surface area contributed by atoms with Crippen molar-refractivity contribution in [1.82, 2.24) is 19.3 Å². The maximum absolute atomic E-state index is 13.1. The smallest absolute Gasteiger partial charge is 0.338 e. The van der Waals surface area contributed by atoms with Gasteiger partial charge in [0, 0.05) is 31.7 Å². The summed E-state index contributed by atoms with van der Waals surface area (Å²) >= 11 is 0. The molecule has 7 nitrogen and oxygen atoms in total. The van der Waals surface area contributed by atoms with Crippen LogP contribution in [0.25, 0.3) is 11.4 Å². The molecule has 0 bridgehead atoms. The van der Waals surface area contributed by atoms with E-state index in [1.807, 2.05) is 17.9 Å². The van der Waals surface area contributed by atoms with Crippen molar-refractivity contribution in [2.24, 2.45) is 0 Å².